The monoisotopic (exact) mass is 544 g/mol. The van der Waals surface area contributed by atoms with E-state index < -0.39 is 0 Å². The molecule has 4 heterocycles. The molecule has 0 fully saturated rings. The van der Waals surface area contributed by atoms with Gasteiger partial charge in [0.1, 0.15) is 28.8 Å². The molecule has 2 aromatic heterocycles. The van der Waals surface area contributed by atoms with Gasteiger partial charge in [0.15, 0.2) is 5.84 Å². The van der Waals surface area contributed by atoms with Crippen molar-refractivity contribution < 1.29 is 8.83 Å². The molecule has 4 aromatic carbocycles. The molecule has 0 radical (unpaired) electrons. The number of hydrogen-bond donors (Lipinski definition) is 2. The summed E-state index contributed by atoms with van der Waals surface area (Å²) in [6, 6.07) is 30.8. The van der Waals surface area contributed by atoms with Crippen LogP contribution in [0.25, 0.3) is 39.0 Å². The highest BCUT2D eigenvalue weighted by Crippen LogP contribution is 2.40. The Kier molecular flexibility index (Phi) is 4.92. The fourth-order valence-corrected chi connectivity index (χ4v) is 6.18. The van der Waals surface area contributed by atoms with E-state index in [1.807, 2.05) is 48.5 Å². The predicted molar refractivity (Wildman–Crippen MR) is 169 cm³/mol. The molecule has 42 heavy (non-hydrogen) atoms. The van der Waals surface area contributed by atoms with Crippen LogP contribution in [0.4, 0.5) is 5.88 Å². The maximum Gasteiger partial charge on any atom is 0.202 e. The van der Waals surface area contributed by atoms with Crippen molar-refractivity contribution in [3.8, 4) is 0 Å². The van der Waals surface area contributed by atoms with Crippen LogP contribution in [0.2, 0.25) is 0 Å². The Hall–Kier alpha value is -5.62. The Morgan fingerprint density at radius 2 is 1.50 bits per heavy atom. The second kappa shape index (κ2) is 8.94. The van der Waals surface area contributed by atoms with Crippen molar-refractivity contribution in [2.75, 3.05) is 5.32 Å². The van der Waals surface area contributed by atoms with Crippen LogP contribution in [0.1, 0.15) is 28.4 Å². The van der Waals surface area contributed by atoms with Gasteiger partial charge in [-0.3, -0.25) is 0 Å². The maximum atomic E-state index is 6.40. The van der Waals surface area contributed by atoms with Gasteiger partial charge in [0.2, 0.25) is 5.88 Å². The Bertz CT molecular complexity index is 2210. The van der Waals surface area contributed by atoms with Crippen LogP contribution in [0.3, 0.4) is 0 Å². The number of para-hydroxylation sites is 2. The number of fused-ring (bicyclic) bond motifs is 7. The third kappa shape index (κ3) is 3.52. The normalized spacial score (nSPS) is 19.1. The molecule has 6 aromatic rings. The first-order chi connectivity index (χ1) is 20.8. The molecule has 0 saturated heterocycles. The second-order valence-corrected chi connectivity index (χ2v) is 10.7. The zero-order valence-corrected chi connectivity index (χ0v) is 22.4. The van der Waals surface area contributed by atoms with Crippen molar-refractivity contribution in [3.05, 3.63) is 143 Å². The summed E-state index contributed by atoms with van der Waals surface area (Å²) >= 11 is 0. The van der Waals surface area contributed by atoms with Gasteiger partial charge in [-0.25, -0.2) is 9.98 Å². The average molecular weight is 545 g/mol. The maximum absolute atomic E-state index is 6.40. The van der Waals surface area contributed by atoms with Crippen molar-refractivity contribution in [2.24, 2.45) is 9.98 Å². The number of hydrogen-bond acceptors (Lipinski definition) is 6. The number of nitrogens with zero attached hydrogens (tertiary/aromatic N) is 2. The van der Waals surface area contributed by atoms with Gasteiger partial charge < -0.3 is 19.5 Å². The molecular formula is C36H24N4O2. The lowest BCUT2D eigenvalue weighted by Crippen LogP contribution is -2.33. The van der Waals surface area contributed by atoms with Gasteiger partial charge >= 0.3 is 0 Å². The minimum absolute atomic E-state index is 0.0964. The van der Waals surface area contributed by atoms with Crippen molar-refractivity contribution in [1.82, 2.24) is 5.32 Å². The van der Waals surface area contributed by atoms with E-state index in [-0.39, 0.29) is 12.2 Å². The van der Waals surface area contributed by atoms with Crippen LogP contribution >= 0.6 is 0 Å². The third-order valence-electron chi connectivity index (χ3n) is 8.17. The SMILES string of the molecule is C1=CC2=Cc3c(oc4cccc(C5=NC(c6ccccc6)NC(c6cccc7c6oc6ccccc67)=N5)c34)NC2C=C1. The summed E-state index contributed by atoms with van der Waals surface area (Å²) in [4.78, 5) is 10.3. The molecule has 6 nitrogen and oxygen atoms in total. The average Bonchev–Trinajstić information content (AvgIpc) is 3.62. The van der Waals surface area contributed by atoms with E-state index in [9.17, 15) is 0 Å². The van der Waals surface area contributed by atoms with Crippen molar-refractivity contribution in [3.63, 3.8) is 0 Å². The minimum Gasteiger partial charge on any atom is -0.455 e. The largest absolute Gasteiger partial charge is 0.455 e. The summed E-state index contributed by atoms with van der Waals surface area (Å²) < 4.78 is 12.7. The number of allylic oxidation sites excluding steroid dienone is 2. The molecule has 6 heteroatoms. The molecule has 0 saturated carbocycles. The van der Waals surface area contributed by atoms with E-state index >= 15 is 0 Å². The van der Waals surface area contributed by atoms with E-state index in [0.717, 1.165) is 61.0 Å². The summed E-state index contributed by atoms with van der Waals surface area (Å²) in [6.07, 6.45) is 10.3. The molecule has 2 aliphatic heterocycles. The quantitative estimate of drug-likeness (QED) is 0.236. The van der Waals surface area contributed by atoms with Gasteiger partial charge in [-0.1, -0.05) is 97.1 Å². The van der Waals surface area contributed by atoms with E-state index in [0.29, 0.717) is 11.7 Å². The predicted octanol–water partition coefficient (Wildman–Crippen LogP) is 8.13. The van der Waals surface area contributed by atoms with Gasteiger partial charge in [0, 0.05) is 27.3 Å². The molecule has 0 amide bonds. The number of benzene rings is 4. The molecular weight excluding hydrogens is 520 g/mol. The summed E-state index contributed by atoms with van der Waals surface area (Å²) in [5, 5.41) is 10.3. The summed E-state index contributed by atoms with van der Waals surface area (Å²) in [5.41, 5.74) is 7.51. The Labute approximate surface area is 241 Å². The molecule has 0 bridgehead atoms. The van der Waals surface area contributed by atoms with Gasteiger partial charge in [0.05, 0.1) is 11.6 Å². The summed E-state index contributed by atoms with van der Waals surface area (Å²) in [7, 11) is 0. The van der Waals surface area contributed by atoms with Crippen LogP contribution in [0.5, 0.6) is 0 Å². The van der Waals surface area contributed by atoms with Gasteiger partial charge in [0.25, 0.3) is 0 Å². The molecule has 9 rings (SSSR count). The Morgan fingerprint density at radius 3 is 2.45 bits per heavy atom. The number of anilines is 1. The first kappa shape index (κ1) is 23.1. The third-order valence-corrected chi connectivity index (χ3v) is 8.17. The smallest absolute Gasteiger partial charge is 0.202 e. The van der Waals surface area contributed by atoms with Crippen LogP contribution in [-0.4, -0.2) is 17.7 Å². The topological polar surface area (TPSA) is 75.1 Å². The first-order valence-corrected chi connectivity index (χ1v) is 14.1. The van der Waals surface area contributed by atoms with E-state index in [1.165, 1.54) is 5.57 Å². The van der Waals surface area contributed by atoms with E-state index in [4.69, 9.17) is 18.8 Å². The van der Waals surface area contributed by atoms with E-state index in [1.54, 1.807) is 0 Å². The minimum atomic E-state index is -0.335. The fourth-order valence-electron chi connectivity index (χ4n) is 6.18. The van der Waals surface area contributed by atoms with Crippen LogP contribution < -0.4 is 10.6 Å². The van der Waals surface area contributed by atoms with Crippen LogP contribution in [0.15, 0.2) is 140 Å². The van der Waals surface area contributed by atoms with Crippen LogP contribution in [-0.2, 0) is 0 Å². The number of nitrogens with one attached hydrogen (secondary N) is 2. The van der Waals surface area contributed by atoms with Crippen molar-refractivity contribution in [2.45, 2.75) is 12.2 Å². The Morgan fingerprint density at radius 1 is 0.690 bits per heavy atom. The lowest BCUT2D eigenvalue weighted by molar-refractivity contribution is 0.622. The van der Waals surface area contributed by atoms with Crippen LogP contribution in [0, 0.1) is 0 Å². The van der Waals surface area contributed by atoms with Gasteiger partial charge in [-0.05, 0) is 35.4 Å². The van der Waals surface area contributed by atoms with Gasteiger partial charge in [-0.15, -0.1) is 0 Å². The lowest BCUT2D eigenvalue weighted by Gasteiger charge is -2.24. The highest BCUT2D eigenvalue weighted by atomic mass is 16.4. The zero-order chi connectivity index (χ0) is 27.6. The molecule has 2 atom stereocenters. The number of amidine groups is 2. The lowest BCUT2D eigenvalue weighted by atomic mass is 9.94. The highest BCUT2D eigenvalue weighted by Gasteiger charge is 2.28. The zero-order valence-electron chi connectivity index (χ0n) is 22.4. The standard InChI is InChI=1S/C36H24N4O2/c1-2-10-21(11-3-1)33-38-34(40-35(39-33)26-16-8-14-24-23-13-5-7-18-29(23)41-32(24)26)25-15-9-19-30-31(25)27-20-22-12-4-6-17-28(22)37-36(27)42-30/h1-20,28,33,37H,(H,38,39,40). The molecule has 200 valence electrons. The number of furan rings is 2. The van der Waals surface area contributed by atoms with Crippen molar-refractivity contribution in [1.29, 1.82) is 0 Å². The number of aliphatic imine (C=N–C) groups is 2. The molecule has 3 aliphatic rings. The molecule has 1 aliphatic carbocycles. The first-order valence-electron chi connectivity index (χ1n) is 14.1. The highest BCUT2D eigenvalue weighted by molar-refractivity contribution is 6.22. The van der Waals surface area contributed by atoms with Crippen molar-refractivity contribution >= 4 is 56.5 Å². The second-order valence-electron chi connectivity index (χ2n) is 10.7. The fraction of sp³-hybridized carbons (Fsp3) is 0.0556. The number of rotatable bonds is 3. The molecule has 2 unspecified atom stereocenters. The van der Waals surface area contributed by atoms with E-state index in [2.05, 4.69) is 83.5 Å². The molecule has 2 N–H and O–H groups in total. The molecule has 0 spiro atoms. The van der Waals surface area contributed by atoms with Gasteiger partial charge in [-0.2, -0.15) is 0 Å². The summed E-state index contributed by atoms with van der Waals surface area (Å²) in [6.45, 7) is 0. The Balaban J connectivity index is 1.26. The summed E-state index contributed by atoms with van der Waals surface area (Å²) in [5.74, 6) is 2.11.